The third-order valence-electron chi connectivity index (χ3n) is 3.07. The maximum Gasteiger partial charge on any atom is 0.253 e. The van der Waals surface area contributed by atoms with Gasteiger partial charge in [0.15, 0.2) is 0 Å². The summed E-state index contributed by atoms with van der Waals surface area (Å²) in [7, 11) is 3.87. The predicted octanol–water partition coefficient (Wildman–Crippen LogP) is 1.80. The minimum Gasteiger partial charge on any atom is -0.387 e. The van der Waals surface area contributed by atoms with Crippen LogP contribution in [0, 0.1) is 0 Å². The molecule has 0 aliphatic carbocycles. The van der Waals surface area contributed by atoms with E-state index in [2.05, 4.69) is 36.4 Å². The number of carbonyl (C=O) groups is 1. The van der Waals surface area contributed by atoms with E-state index in [1.165, 1.54) is 0 Å². The molecule has 2 N–H and O–H groups in total. The molecule has 100 valence electrons. The van der Waals surface area contributed by atoms with Crippen LogP contribution in [0.5, 0.6) is 0 Å². The van der Waals surface area contributed by atoms with Crippen LogP contribution in [-0.4, -0.2) is 44.0 Å². The van der Waals surface area contributed by atoms with Crippen molar-refractivity contribution in [3.05, 3.63) is 29.8 Å². The standard InChI is InChI=1S/C14H23N3O/c1-11(2)17(4)10-9-16-14(18)12-7-5-6-8-13(12)15-3/h5-8,11,15H,9-10H2,1-4H3,(H,16,18). The predicted molar refractivity (Wildman–Crippen MR) is 76.1 cm³/mol. The van der Waals surface area contributed by atoms with Crippen molar-refractivity contribution >= 4 is 11.6 Å². The van der Waals surface area contributed by atoms with E-state index in [9.17, 15) is 4.79 Å². The largest absolute Gasteiger partial charge is 0.387 e. The maximum absolute atomic E-state index is 12.0. The first-order valence-electron chi connectivity index (χ1n) is 6.31. The second-order valence-corrected chi connectivity index (χ2v) is 4.63. The molecular formula is C14H23N3O. The van der Waals surface area contributed by atoms with Crippen molar-refractivity contribution in [3.8, 4) is 0 Å². The first-order chi connectivity index (χ1) is 8.56. The van der Waals surface area contributed by atoms with Gasteiger partial charge in [0, 0.05) is 31.9 Å². The van der Waals surface area contributed by atoms with Crippen LogP contribution in [0.3, 0.4) is 0 Å². The third-order valence-corrected chi connectivity index (χ3v) is 3.07. The molecule has 0 unspecified atom stereocenters. The number of para-hydroxylation sites is 1. The van der Waals surface area contributed by atoms with E-state index in [4.69, 9.17) is 0 Å². The average molecular weight is 249 g/mol. The summed E-state index contributed by atoms with van der Waals surface area (Å²) in [5.74, 6) is -0.0305. The summed E-state index contributed by atoms with van der Waals surface area (Å²) in [6, 6.07) is 8.00. The zero-order valence-electron chi connectivity index (χ0n) is 11.7. The molecule has 0 aliphatic heterocycles. The van der Waals surface area contributed by atoms with E-state index in [1.807, 2.05) is 31.3 Å². The highest BCUT2D eigenvalue weighted by atomic mass is 16.1. The number of rotatable bonds is 6. The van der Waals surface area contributed by atoms with Gasteiger partial charge < -0.3 is 15.5 Å². The van der Waals surface area contributed by atoms with Crippen molar-refractivity contribution in [2.45, 2.75) is 19.9 Å². The molecule has 0 aromatic heterocycles. The fourth-order valence-electron chi connectivity index (χ4n) is 1.60. The van der Waals surface area contributed by atoms with Crippen LogP contribution >= 0.6 is 0 Å². The Morgan fingerprint density at radius 1 is 1.33 bits per heavy atom. The molecule has 4 heteroatoms. The lowest BCUT2D eigenvalue weighted by Crippen LogP contribution is -2.36. The Labute approximate surface area is 109 Å². The number of carbonyl (C=O) groups excluding carboxylic acids is 1. The second-order valence-electron chi connectivity index (χ2n) is 4.63. The zero-order chi connectivity index (χ0) is 13.5. The molecule has 0 heterocycles. The molecule has 1 rings (SSSR count). The fourth-order valence-corrected chi connectivity index (χ4v) is 1.60. The van der Waals surface area contributed by atoms with Crippen molar-refractivity contribution in [2.75, 3.05) is 32.5 Å². The summed E-state index contributed by atoms with van der Waals surface area (Å²) in [5.41, 5.74) is 1.54. The molecule has 1 aromatic rings. The van der Waals surface area contributed by atoms with E-state index >= 15 is 0 Å². The number of amides is 1. The van der Waals surface area contributed by atoms with Crippen LogP contribution in [0.1, 0.15) is 24.2 Å². The van der Waals surface area contributed by atoms with Gasteiger partial charge in [-0.25, -0.2) is 0 Å². The molecular weight excluding hydrogens is 226 g/mol. The second kappa shape index (κ2) is 7.01. The number of benzene rings is 1. The Bertz CT molecular complexity index is 390. The minimum atomic E-state index is -0.0305. The number of anilines is 1. The Balaban J connectivity index is 2.50. The number of likely N-dealkylation sites (N-methyl/N-ethyl adjacent to an activating group) is 1. The number of hydrogen-bond acceptors (Lipinski definition) is 3. The van der Waals surface area contributed by atoms with Gasteiger partial charge in [0.05, 0.1) is 5.56 Å². The molecule has 0 saturated carbocycles. The molecule has 1 aromatic carbocycles. The first-order valence-corrected chi connectivity index (χ1v) is 6.31. The Hall–Kier alpha value is -1.55. The highest BCUT2D eigenvalue weighted by Gasteiger charge is 2.10. The van der Waals surface area contributed by atoms with Crippen LogP contribution in [0.4, 0.5) is 5.69 Å². The normalized spacial score (nSPS) is 10.8. The third kappa shape index (κ3) is 4.04. The Morgan fingerprint density at radius 2 is 2.00 bits per heavy atom. The van der Waals surface area contributed by atoms with Crippen molar-refractivity contribution in [1.29, 1.82) is 0 Å². The van der Waals surface area contributed by atoms with Gasteiger partial charge in [-0.05, 0) is 33.0 Å². The van der Waals surface area contributed by atoms with Crippen molar-refractivity contribution in [2.24, 2.45) is 0 Å². The number of nitrogens with zero attached hydrogens (tertiary/aromatic N) is 1. The summed E-state index contributed by atoms with van der Waals surface area (Å²) in [5, 5.41) is 5.96. The summed E-state index contributed by atoms with van der Waals surface area (Å²) < 4.78 is 0. The molecule has 0 aliphatic rings. The average Bonchev–Trinajstić information content (AvgIpc) is 2.38. The van der Waals surface area contributed by atoms with E-state index in [-0.39, 0.29) is 5.91 Å². The number of hydrogen-bond donors (Lipinski definition) is 2. The molecule has 0 fully saturated rings. The highest BCUT2D eigenvalue weighted by Crippen LogP contribution is 2.13. The molecule has 0 radical (unpaired) electrons. The molecule has 4 nitrogen and oxygen atoms in total. The van der Waals surface area contributed by atoms with Gasteiger partial charge >= 0.3 is 0 Å². The minimum absolute atomic E-state index is 0.0305. The van der Waals surface area contributed by atoms with E-state index in [1.54, 1.807) is 0 Å². The van der Waals surface area contributed by atoms with E-state index in [0.717, 1.165) is 12.2 Å². The molecule has 18 heavy (non-hydrogen) atoms. The van der Waals surface area contributed by atoms with Crippen LogP contribution in [0.15, 0.2) is 24.3 Å². The smallest absolute Gasteiger partial charge is 0.253 e. The topological polar surface area (TPSA) is 44.4 Å². The van der Waals surface area contributed by atoms with Gasteiger partial charge in [-0.3, -0.25) is 4.79 Å². The van der Waals surface area contributed by atoms with Crippen LogP contribution in [-0.2, 0) is 0 Å². The molecule has 0 bridgehead atoms. The van der Waals surface area contributed by atoms with Crippen molar-refractivity contribution in [1.82, 2.24) is 10.2 Å². The number of nitrogens with one attached hydrogen (secondary N) is 2. The lowest BCUT2D eigenvalue weighted by Gasteiger charge is -2.21. The summed E-state index contributed by atoms with van der Waals surface area (Å²) in [4.78, 5) is 14.2. The van der Waals surface area contributed by atoms with Crippen LogP contribution in [0.2, 0.25) is 0 Å². The van der Waals surface area contributed by atoms with Gasteiger partial charge in [0.2, 0.25) is 0 Å². The van der Waals surface area contributed by atoms with Gasteiger partial charge in [0.25, 0.3) is 5.91 Å². The van der Waals surface area contributed by atoms with E-state index in [0.29, 0.717) is 18.2 Å². The van der Waals surface area contributed by atoms with Gasteiger partial charge in [-0.15, -0.1) is 0 Å². The summed E-state index contributed by atoms with van der Waals surface area (Å²) >= 11 is 0. The Morgan fingerprint density at radius 3 is 2.61 bits per heavy atom. The maximum atomic E-state index is 12.0. The Kier molecular flexibility index (Phi) is 5.65. The van der Waals surface area contributed by atoms with Crippen molar-refractivity contribution in [3.63, 3.8) is 0 Å². The van der Waals surface area contributed by atoms with Crippen molar-refractivity contribution < 1.29 is 4.79 Å². The highest BCUT2D eigenvalue weighted by molar-refractivity contribution is 5.99. The van der Waals surface area contributed by atoms with E-state index < -0.39 is 0 Å². The van der Waals surface area contributed by atoms with Crippen LogP contribution < -0.4 is 10.6 Å². The van der Waals surface area contributed by atoms with Gasteiger partial charge in [-0.2, -0.15) is 0 Å². The lowest BCUT2D eigenvalue weighted by molar-refractivity contribution is 0.0949. The fraction of sp³-hybridized carbons (Fsp3) is 0.500. The summed E-state index contributed by atoms with van der Waals surface area (Å²) in [6.07, 6.45) is 0. The lowest BCUT2D eigenvalue weighted by atomic mass is 10.1. The first kappa shape index (κ1) is 14.5. The summed E-state index contributed by atoms with van der Waals surface area (Å²) in [6.45, 7) is 5.78. The monoisotopic (exact) mass is 249 g/mol. The molecule has 0 atom stereocenters. The molecule has 0 saturated heterocycles. The van der Waals surface area contributed by atoms with Crippen LogP contribution in [0.25, 0.3) is 0 Å². The van der Waals surface area contributed by atoms with Gasteiger partial charge in [0.1, 0.15) is 0 Å². The zero-order valence-corrected chi connectivity index (χ0v) is 11.7. The van der Waals surface area contributed by atoms with Gasteiger partial charge in [-0.1, -0.05) is 12.1 Å². The quantitative estimate of drug-likeness (QED) is 0.808. The molecule has 1 amide bonds. The SMILES string of the molecule is CNc1ccccc1C(=O)NCCN(C)C(C)C. The molecule has 0 spiro atoms.